The maximum atomic E-state index is 12.9. The van der Waals surface area contributed by atoms with Crippen molar-refractivity contribution in [2.45, 2.75) is 32.2 Å². The van der Waals surface area contributed by atoms with Gasteiger partial charge in [0.15, 0.2) is 0 Å². The molecule has 2 aromatic carbocycles. The molecule has 0 spiro atoms. The summed E-state index contributed by atoms with van der Waals surface area (Å²) in [6, 6.07) is 18.2. The zero-order valence-electron chi connectivity index (χ0n) is 16.3. The lowest BCUT2D eigenvalue weighted by Gasteiger charge is -2.24. The monoisotopic (exact) mass is 419 g/mol. The fourth-order valence-electron chi connectivity index (χ4n) is 2.67. The van der Waals surface area contributed by atoms with Gasteiger partial charge in [0.25, 0.3) is 0 Å². The maximum Gasteiger partial charge on any atom is 0.408 e. The van der Waals surface area contributed by atoms with Crippen LogP contribution in [0.5, 0.6) is 0 Å². The lowest BCUT2D eigenvalue weighted by molar-refractivity contribution is -0.142. The molecule has 0 aromatic heterocycles. The summed E-state index contributed by atoms with van der Waals surface area (Å²) in [4.78, 5) is 34.4. The Hall–Kier alpha value is -2.63. The van der Waals surface area contributed by atoms with Crippen LogP contribution < -0.4 is 5.32 Å². The molecule has 1 amide bonds. The summed E-state index contributed by atoms with van der Waals surface area (Å²) in [5, 5.41) is 2.51. The highest BCUT2D eigenvalue weighted by Gasteiger charge is 2.33. The van der Waals surface area contributed by atoms with E-state index in [1.54, 1.807) is 31.2 Å². The molecule has 7 nitrogen and oxygen atoms in total. The number of hydrogen-bond acceptors (Lipinski definition) is 5. The van der Waals surface area contributed by atoms with E-state index in [0.717, 1.165) is 11.1 Å². The van der Waals surface area contributed by atoms with Crippen LogP contribution in [0.1, 0.15) is 24.5 Å². The zero-order valence-corrected chi connectivity index (χ0v) is 17.2. The molecule has 0 radical (unpaired) electrons. The minimum Gasteiger partial charge on any atom is -0.466 e. The van der Waals surface area contributed by atoms with Gasteiger partial charge in [-0.1, -0.05) is 60.7 Å². The average molecular weight is 419 g/mol. The normalized spacial score (nSPS) is 13.7. The number of esters is 1. The summed E-state index contributed by atoms with van der Waals surface area (Å²) in [6.45, 7) is 1.91. The first-order valence-corrected chi connectivity index (χ1v) is 11.3. The standard InChI is InChI=1S/C21H26NO6P/c1-2-27-20(23)13-14-29(25,26)19(15-17-9-5-3-6-10-17)22-21(24)28-16-18-11-7-4-8-12-18/h3-12,19H,2,13-16H2,1H3,(H,22,24)(H,25,26). The Labute approximate surface area is 170 Å². The van der Waals surface area contributed by atoms with Gasteiger partial charge in [-0.2, -0.15) is 0 Å². The van der Waals surface area contributed by atoms with Gasteiger partial charge >= 0.3 is 12.1 Å². The van der Waals surface area contributed by atoms with Crippen molar-refractivity contribution < 1.29 is 28.5 Å². The van der Waals surface area contributed by atoms with Crippen LogP contribution in [-0.2, 0) is 31.9 Å². The van der Waals surface area contributed by atoms with Crippen LogP contribution in [0.15, 0.2) is 60.7 Å². The molecule has 0 aliphatic rings. The van der Waals surface area contributed by atoms with E-state index in [1.165, 1.54) is 0 Å². The Kier molecular flexibility index (Phi) is 8.90. The number of amides is 1. The molecule has 0 aliphatic carbocycles. The Morgan fingerprint density at radius 1 is 1.00 bits per heavy atom. The van der Waals surface area contributed by atoms with Gasteiger partial charge in [-0.25, -0.2) is 4.79 Å². The van der Waals surface area contributed by atoms with E-state index < -0.39 is 25.2 Å². The SMILES string of the molecule is CCOC(=O)CCP(=O)(O)C(Cc1ccccc1)NC(=O)OCc1ccccc1. The van der Waals surface area contributed by atoms with Gasteiger partial charge in [-0.05, 0) is 18.1 Å². The fourth-order valence-corrected chi connectivity index (χ4v) is 4.29. The fraction of sp³-hybridized carbons (Fsp3) is 0.333. The average Bonchev–Trinajstić information content (AvgIpc) is 2.72. The molecule has 0 saturated heterocycles. The Morgan fingerprint density at radius 3 is 2.17 bits per heavy atom. The molecule has 2 N–H and O–H groups in total. The second-order valence-corrected chi connectivity index (χ2v) is 9.03. The minimum absolute atomic E-state index is 0.0449. The lowest BCUT2D eigenvalue weighted by atomic mass is 10.1. The lowest BCUT2D eigenvalue weighted by Crippen LogP contribution is -2.37. The smallest absolute Gasteiger partial charge is 0.408 e. The second kappa shape index (κ2) is 11.4. The largest absolute Gasteiger partial charge is 0.466 e. The number of alkyl carbamates (subject to hydrolysis) is 1. The molecule has 0 saturated carbocycles. The first kappa shape index (κ1) is 22.7. The van der Waals surface area contributed by atoms with Crippen molar-refractivity contribution in [3.63, 3.8) is 0 Å². The third kappa shape index (κ3) is 8.10. The van der Waals surface area contributed by atoms with Crippen molar-refractivity contribution in [2.75, 3.05) is 12.8 Å². The third-order valence-corrected chi connectivity index (χ3v) is 6.35. The second-order valence-electron chi connectivity index (χ2n) is 6.45. The summed E-state index contributed by atoms with van der Waals surface area (Å²) < 4.78 is 22.9. The van der Waals surface area contributed by atoms with Crippen LogP contribution in [0.4, 0.5) is 4.79 Å². The van der Waals surface area contributed by atoms with E-state index in [9.17, 15) is 19.0 Å². The van der Waals surface area contributed by atoms with Gasteiger partial charge in [-0.3, -0.25) is 9.36 Å². The first-order chi connectivity index (χ1) is 13.9. The molecule has 0 bridgehead atoms. The molecule has 2 aromatic rings. The molecule has 29 heavy (non-hydrogen) atoms. The molecule has 2 unspecified atom stereocenters. The summed E-state index contributed by atoms with van der Waals surface area (Å²) in [7, 11) is -3.91. The van der Waals surface area contributed by atoms with Crippen molar-refractivity contribution >= 4 is 19.4 Å². The molecule has 156 valence electrons. The van der Waals surface area contributed by atoms with E-state index in [4.69, 9.17) is 9.47 Å². The quantitative estimate of drug-likeness (QED) is 0.450. The van der Waals surface area contributed by atoms with Crippen LogP contribution in [0.3, 0.4) is 0 Å². The van der Waals surface area contributed by atoms with Gasteiger partial charge < -0.3 is 19.7 Å². The van der Waals surface area contributed by atoms with Crippen molar-refractivity contribution in [1.82, 2.24) is 5.32 Å². The number of rotatable bonds is 10. The Balaban J connectivity index is 2.04. The summed E-state index contributed by atoms with van der Waals surface area (Å²) in [5.74, 6) is -1.63. The van der Waals surface area contributed by atoms with Gasteiger partial charge in [0.2, 0.25) is 7.37 Å². The predicted molar refractivity (Wildman–Crippen MR) is 110 cm³/mol. The van der Waals surface area contributed by atoms with Gasteiger partial charge in [-0.15, -0.1) is 0 Å². The van der Waals surface area contributed by atoms with E-state index in [-0.39, 0.29) is 32.2 Å². The minimum atomic E-state index is -3.91. The molecular weight excluding hydrogens is 393 g/mol. The maximum absolute atomic E-state index is 12.9. The van der Waals surface area contributed by atoms with Crippen LogP contribution in [0.2, 0.25) is 0 Å². The topological polar surface area (TPSA) is 102 Å². The van der Waals surface area contributed by atoms with E-state index in [0.29, 0.717) is 0 Å². The van der Waals surface area contributed by atoms with Crippen molar-refractivity contribution in [1.29, 1.82) is 0 Å². The molecule has 2 atom stereocenters. The number of ether oxygens (including phenoxy) is 2. The third-order valence-electron chi connectivity index (χ3n) is 4.20. The van der Waals surface area contributed by atoms with Crippen LogP contribution >= 0.6 is 7.37 Å². The van der Waals surface area contributed by atoms with Crippen molar-refractivity contribution in [3.8, 4) is 0 Å². The molecule has 0 aliphatic heterocycles. The zero-order chi connectivity index (χ0) is 21.1. The number of carbonyl (C=O) groups excluding carboxylic acids is 2. The summed E-state index contributed by atoms with van der Waals surface area (Å²) in [5.41, 5.74) is 1.59. The number of carbonyl (C=O) groups is 2. The molecule has 0 fully saturated rings. The highest BCUT2D eigenvalue weighted by Crippen LogP contribution is 2.47. The first-order valence-electron chi connectivity index (χ1n) is 9.39. The Bertz CT molecular complexity index is 828. The molecule has 0 heterocycles. The van der Waals surface area contributed by atoms with E-state index in [2.05, 4.69) is 5.32 Å². The van der Waals surface area contributed by atoms with E-state index >= 15 is 0 Å². The highest BCUT2D eigenvalue weighted by molar-refractivity contribution is 7.58. The summed E-state index contributed by atoms with van der Waals surface area (Å²) >= 11 is 0. The van der Waals surface area contributed by atoms with Crippen LogP contribution in [0.25, 0.3) is 0 Å². The van der Waals surface area contributed by atoms with Gasteiger partial charge in [0, 0.05) is 12.6 Å². The highest BCUT2D eigenvalue weighted by atomic mass is 31.2. The molecular formula is C21H26NO6P. The van der Waals surface area contributed by atoms with Crippen molar-refractivity contribution in [3.05, 3.63) is 71.8 Å². The Morgan fingerprint density at radius 2 is 1.59 bits per heavy atom. The molecule has 2 rings (SSSR count). The van der Waals surface area contributed by atoms with Crippen LogP contribution in [0, 0.1) is 0 Å². The number of benzene rings is 2. The van der Waals surface area contributed by atoms with Crippen molar-refractivity contribution in [2.24, 2.45) is 0 Å². The van der Waals surface area contributed by atoms with E-state index in [1.807, 2.05) is 36.4 Å². The van der Waals surface area contributed by atoms with Gasteiger partial charge in [0.05, 0.1) is 13.0 Å². The van der Waals surface area contributed by atoms with Crippen LogP contribution in [-0.4, -0.2) is 35.5 Å². The van der Waals surface area contributed by atoms with Gasteiger partial charge in [0.1, 0.15) is 12.4 Å². The summed E-state index contributed by atoms with van der Waals surface area (Å²) in [6.07, 6.45) is -1.14. The number of hydrogen-bond donors (Lipinski definition) is 2. The molecule has 8 heteroatoms. The predicted octanol–water partition coefficient (Wildman–Crippen LogP) is 3.71. The number of nitrogens with one attached hydrogen (secondary N) is 1.